The smallest absolute Gasteiger partial charge is 0.270 e. The van der Waals surface area contributed by atoms with Crippen molar-refractivity contribution in [1.29, 1.82) is 5.26 Å². The van der Waals surface area contributed by atoms with Gasteiger partial charge in [0, 0.05) is 16.6 Å². The predicted molar refractivity (Wildman–Crippen MR) is 107 cm³/mol. The fourth-order valence-electron chi connectivity index (χ4n) is 3.08. The van der Waals surface area contributed by atoms with E-state index in [0.29, 0.717) is 16.8 Å². The van der Waals surface area contributed by atoms with Crippen LogP contribution in [0.15, 0.2) is 45.9 Å². The van der Waals surface area contributed by atoms with E-state index in [1.165, 1.54) is 22.0 Å². The highest BCUT2D eigenvalue weighted by molar-refractivity contribution is 7.08. The van der Waals surface area contributed by atoms with Crippen molar-refractivity contribution in [3.63, 3.8) is 0 Å². The number of fused-ring (bicyclic) bond motifs is 1. The van der Waals surface area contributed by atoms with Gasteiger partial charge in [-0.1, -0.05) is 23.7 Å². The van der Waals surface area contributed by atoms with Crippen molar-refractivity contribution in [2.75, 3.05) is 0 Å². The van der Waals surface area contributed by atoms with Gasteiger partial charge in [0.25, 0.3) is 5.56 Å². The van der Waals surface area contributed by atoms with Crippen LogP contribution in [0.1, 0.15) is 15.9 Å². The molecule has 0 unspecified atom stereocenters. The number of carbonyl (C=O) groups excluding carboxylic acids is 1. The number of hydrogen-bond donors (Lipinski definition) is 3. The van der Waals surface area contributed by atoms with E-state index in [0.717, 1.165) is 11.1 Å². The van der Waals surface area contributed by atoms with Crippen LogP contribution < -0.4 is 11.3 Å². The van der Waals surface area contributed by atoms with Gasteiger partial charge in [-0.05, 0) is 29.1 Å². The summed E-state index contributed by atoms with van der Waals surface area (Å²) in [4.78, 5) is 26.0. The molecule has 0 aliphatic rings. The number of nitriles is 1. The molecule has 4 aromatic rings. The maximum absolute atomic E-state index is 11.9. The lowest BCUT2D eigenvalue weighted by atomic mass is 10.0. The molecule has 138 valence electrons. The zero-order valence-electron chi connectivity index (χ0n) is 14.1. The summed E-state index contributed by atoms with van der Waals surface area (Å²) in [5.74, 6) is -0.941. The first-order valence-electron chi connectivity index (χ1n) is 7.95. The van der Waals surface area contributed by atoms with Crippen LogP contribution in [-0.4, -0.2) is 20.6 Å². The lowest BCUT2D eigenvalue weighted by molar-refractivity contribution is 0.100. The molecular weight excluding hydrogens is 400 g/mol. The molecule has 3 aromatic heterocycles. The molecular formula is C19H11ClN4O3S. The monoisotopic (exact) mass is 410 g/mol. The number of benzene rings is 1. The van der Waals surface area contributed by atoms with E-state index in [-0.39, 0.29) is 16.2 Å². The van der Waals surface area contributed by atoms with E-state index in [2.05, 4.69) is 4.98 Å². The number of aromatic hydroxyl groups is 1. The molecule has 1 aromatic carbocycles. The molecule has 0 aliphatic heterocycles. The zero-order chi connectivity index (χ0) is 20.0. The summed E-state index contributed by atoms with van der Waals surface area (Å²) in [5, 5.41) is 23.3. The summed E-state index contributed by atoms with van der Waals surface area (Å²) >= 11 is 7.69. The van der Waals surface area contributed by atoms with E-state index in [1.54, 1.807) is 35.7 Å². The second-order valence-corrected chi connectivity index (χ2v) is 7.10. The highest BCUT2D eigenvalue weighted by Crippen LogP contribution is 2.34. The van der Waals surface area contributed by atoms with Crippen LogP contribution in [-0.2, 0) is 0 Å². The van der Waals surface area contributed by atoms with Gasteiger partial charge in [-0.3, -0.25) is 14.2 Å². The van der Waals surface area contributed by atoms with Gasteiger partial charge in [0.15, 0.2) is 11.3 Å². The Hall–Kier alpha value is -3.54. The third-order valence-corrected chi connectivity index (χ3v) is 5.39. The Kier molecular flexibility index (Phi) is 4.19. The van der Waals surface area contributed by atoms with Gasteiger partial charge in [0.1, 0.15) is 16.7 Å². The number of nitrogens with two attached hydrogens (primary N) is 1. The Labute approximate surface area is 166 Å². The summed E-state index contributed by atoms with van der Waals surface area (Å²) in [6.45, 7) is 0. The molecule has 4 rings (SSSR count). The normalized spacial score (nSPS) is 10.9. The van der Waals surface area contributed by atoms with Crippen molar-refractivity contribution >= 4 is 39.9 Å². The summed E-state index contributed by atoms with van der Waals surface area (Å²) < 4.78 is 1.52. The maximum atomic E-state index is 11.9. The molecule has 9 heteroatoms. The number of carbonyl (C=O) groups is 1. The van der Waals surface area contributed by atoms with Gasteiger partial charge in [-0.2, -0.15) is 16.6 Å². The largest absolute Gasteiger partial charge is 0.504 e. The number of amides is 1. The Morgan fingerprint density at radius 3 is 2.64 bits per heavy atom. The van der Waals surface area contributed by atoms with Gasteiger partial charge < -0.3 is 15.8 Å². The van der Waals surface area contributed by atoms with Crippen molar-refractivity contribution in [2.24, 2.45) is 5.73 Å². The molecule has 3 heterocycles. The number of hydrogen-bond acceptors (Lipinski definition) is 5. The van der Waals surface area contributed by atoms with Gasteiger partial charge in [-0.25, -0.2) is 0 Å². The van der Waals surface area contributed by atoms with E-state index >= 15 is 0 Å². The minimum atomic E-state index is -0.687. The first kappa shape index (κ1) is 17.9. The number of aromatic amines is 1. The highest BCUT2D eigenvalue weighted by atomic mass is 35.5. The number of rotatable bonds is 3. The first-order chi connectivity index (χ1) is 13.4. The van der Waals surface area contributed by atoms with Gasteiger partial charge >= 0.3 is 0 Å². The van der Waals surface area contributed by atoms with Gasteiger partial charge in [-0.15, -0.1) is 0 Å². The van der Waals surface area contributed by atoms with Crippen LogP contribution in [0.25, 0.3) is 27.8 Å². The number of aromatic nitrogens is 2. The second kappa shape index (κ2) is 6.56. The molecule has 0 atom stereocenters. The third kappa shape index (κ3) is 2.65. The fourth-order valence-corrected chi connectivity index (χ4v) is 4.21. The number of pyridine rings is 1. The summed E-state index contributed by atoms with van der Waals surface area (Å²) in [5.41, 5.74) is 7.43. The van der Waals surface area contributed by atoms with E-state index in [4.69, 9.17) is 22.6 Å². The van der Waals surface area contributed by atoms with E-state index in [9.17, 15) is 14.7 Å². The van der Waals surface area contributed by atoms with Crippen LogP contribution >= 0.6 is 22.9 Å². The van der Waals surface area contributed by atoms with E-state index in [1.807, 2.05) is 5.38 Å². The summed E-state index contributed by atoms with van der Waals surface area (Å²) in [6.07, 6.45) is 0. The molecule has 7 nitrogen and oxygen atoms in total. The van der Waals surface area contributed by atoms with Crippen molar-refractivity contribution in [1.82, 2.24) is 9.55 Å². The minimum absolute atomic E-state index is 0.224. The molecule has 4 N–H and O–H groups in total. The highest BCUT2D eigenvalue weighted by Gasteiger charge is 2.19. The summed E-state index contributed by atoms with van der Waals surface area (Å²) in [7, 11) is 0. The second-order valence-electron chi connectivity index (χ2n) is 5.96. The Bertz CT molecular complexity index is 1340. The first-order valence-corrected chi connectivity index (χ1v) is 9.27. The van der Waals surface area contributed by atoms with Crippen molar-refractivity contribution in [3.05, 3.63) is 67.7 Å². The average molecular weight is 411 g/mol. The SMILES string of the molecule is N#Cc1c(O)c2c(cc(Cl)n2-c2ccc(-c3cscc3C(N)=O)cc2)[nH]c1=O. The van der Waals surface area contributed by atoms with Crippen molar-refractivity contribution in [3.8, 4) is 28.6 Å². The molecule has 1 amide bonds. The number of H-pyrrole nitrogens is 1. The van der Waals surface area contributed by atoms with Crippen molar-refractivity contribution < 1.29 is 9.90 Å². The summed E-state index contributed by atoms with van der Waals surface area (Å²) in [6, 6.07) is 10.3. The number of thiophene rings is 1. The van der Waals surface area contributed by atoms with Crippen LogP contribution in [0.5, 0.6) is 5.75 Å². The molecule has 28 heavy (non-hydrogen) atoms. The lowest BCUT2D eigenvalue weighted by Gasteiger charge is -2.10. The van der Waals surface area contributed by atoms with Crippen LogP contribution in [0.4, 0.5) is 0 Å². The molecule has 0 bridgehead atoms. The Morgan fingerprint density at radius 1 is 1.29 bits per heavy atom. The molecule has 0 fully saturated rings. The van der Waals surface area contributed by atoms with E-state index < -0.39 is 17.2 Å². The third-order valence-electron chi connectivity index (χ3n) is 4.37. The van der Waals surface area contributed by atoms with Crippen LogP contribution in [0.3, 0.4) is 0 Å². The Balaban J connectivity index is 1.89. The molecule has 0 saturated carbocycles. The van der Waals surface area contributed by atoms with Gasteiger partial charge in [0.05, 0.1) is 11.1 Å². The number of primary amides is 1. The quantitative estimate of drug-likeness (QED) is 0.478. The van der Waals surface area contributed by atoms with Gasteiger partial charge in [0.2, 0.25) is 5.91 Å². The topological polar surface area (TPSA) is 125 Å². The molecule has 0 radical (unpaired) electrons. The average Bonchev–Trinajstić information content (AvgIpc) is 3.26. The van der Waals surface area contributed by atoms with Crippen LogP contribution in [0.2, 0.25) is 5.15 Å². The standard InChI is InChI=1S/C19H11ClN4O3S/c20-15-5-14-16(17(25)11(6-21)19(27)23-14)24(15)10-3-1-9(2-4-10)12-7-28-8-13(12)18(22)26/h1-5,7-8H,(H2,22,26)(H2,23,25,27). The number of nitrogens with one attached hydrogen (secondary N) is 1. The lowest BCUT2D eigenvalue weighted by Crippen LogP contribution is -2.10. The molecule has 0 saturated heterocycles. The van der Waals surface area contributed by atoms with Crippen LogP contribution in [0, 0.1) is 11.3 Å². The number of nitrogens with zero attached hydrogens (tertiary/aromatic N) is 2. The fraction of sp³-hybridized carbons (Fsp3) is 0. The zero-order valence-corrected chi connectivity index (χ0v) is 15.6. The predicted octanol–water partition coefficient (Wildman–Crippen LogP) is 3.38. The molecule has 0 aliphatic carbocycles. The Morgan fingerprint density at radius 2 is 2.00 bits per heavy atom. The van der Waals surface area contributed by atoms with Crippen molar-refractivity contribution in [2.45, 2.75) is 0 Å². The number of halogens is 1. The maximum Gasteiger partial charge on any atom is 0.270 e. The molecule has 0 spiro atoms. The minimum Gasteiger partial charge on any atom is -0.504 e.